The molecular weight excluding hydrogens is 262 g/mol. The van der Waals surface area contributed by atoms with Crippen molar-refractivity contribution in [1.29, 1.82) is 0 Å². The summed E-state index contributed by atoms with van der Waals surface area (Å²) in [4.78, 5) is 10.7. The molecule has 8 heteroatoms. The fraction of sp³-hybridized carbons (Fsp3) is 0.333. The second-order valence-corrected chi connectivity index (χ2v) is 4.05. The molecule has 106 valence electrons. The number of anilines is 1. The highest BCUT2D eigenvalue weighted by atomic mass is 16.6. The second-order valence-electron chi connectivity index (χ2n) is 4.05. The van der Waals surface area contributed by atoms with Crippen LogP contribution in [0.15, 0.2) is 24.5 Å². The summed E-state index contributed by atoms with van der Waals surface area (Å²) < 4.78 is 7.03. The number of ether oxygens (including phenoxy) is 1. The zero-order chi connectivity index (χ0) is 14.5. The number of hydrogen-bond donors (Lipinski definition) is 1. The maximum Gasteiger partial charge on any atom is 0.333 e. The molecule has 2 rings (SSSR count). The number of aromatic nitrogens is 3. The van der Waals surface area contributed by atoms with Gasteiger partial charge in [0.15, 0.2) is 11.6 Å². The Bertz CT molecular complexity index is 611. The summed E-state index contributed by atoms with van der Waals surface area (Å²) >= 11 is 0. The topological polar surface area (TPSA) is 95.1 Å². The fourth-order valence-electron chi connectivity index (χ4n) is 1.77. The maximum atomic E-state index is 11.2. The Hall–Kier alpha value is -2.64. The van der Waals surface area contributed by atoms with Gasteiger partial charge in [0.25, 0.3) is 0 Å². The maximum absolute atomic E-state index is 11.2. The first kappa shape index (κ1) is 13.8. The number of nitro benzene ring substituents is 1. The van der Waals surface area contributed by atoms with Crippen molar-refractivity contribution in [1.82, 2.24) is 14.8 Å². The molecular formula is C12H15N5O3. The quantitative estimate of drug-likeness (QED) is 0.638. The molecule has 0 aliphatic carbocycles. The number of nitro groups is 1. The molecule has 1 aromatic heterocycles. The molecule has 0 saturated heterocycles. The lowest BCUT2D eigenvalue weighted by molar-refractivity contribution is -0.384. The lowest BCUT2D eigenvalue weighted by Crippen LogP contribution is -2.08. The summed E-state index contributed by atoms with van der Waals surface area (Å²) in [5.74, 6) is 0.932. The Labute approximate surface area is 115 Å². The van der Waals surface area contributed by atoms with E-state index < -0.39 is 4.92 Å². The van der Waals surface area contributed by atoms with Crippen LogP contribution in [0.2, 0.25) is 0 Å². The standard InChI is InChI=1S/C12H15N5O3/c1-3-20-10-6-4-5-9(12(10)17(18)19)13-7-11-15-14-8-16(11)2/h4-6,8,13H,3,7H2,1-2H3. The number of nitrogens with zero attached hydrogens (tertiary/aromatic N) is 4. The molecule has 0 unspecified atom stereocenters. The smallest absolute Gasteiger partial charge is 0.333 e. The van der Waals surface area contributed by atoms with Crippen LogP contribution in [0.4, 0.5) is 11.4 Å². The Kier molecular flexibility index (Phi) is 4.14. The third-order valence-corrected chi connectivity index (χ3v) is 2.72. The van der Waals surface area contributed by atoms with E-state index >= 15 is 0 Å². The third-order valence-electron chi connectivity index (χ3n) is 2.72. The van der Waals surface area contributed by atoms with Crippen LogP contribution in [-0.2, 0) is 13.6 Å². The van der Waals surface area contributed by atoms with Crippen molar-refractivity contribution >= 4 is 11.4 Å². The van der Waals surface area contributed by atoms with Gasteiger partial charge in [-0.25, -0.2) is 0 Å². The van der Waals surface area contributed by atoms with Gasteiger partial charge in [0, 0.05) is 7.05 Å². The molecule has 0 radical (unpaired) electrons. The summed E-state index contributed by atoms with van der Waals surface area (Å²) in [6.45, 7) is 2.49. The first-order valence-corrected chi connectivity index (χ1v) is 6.10. The van der Waals surface area contributed by atoms with Gasteiger partial charge in [-0.15, -0.1) is 10.2 Å². The average molecular weight is 277 g/mol. The second kappa shape index (κ2) is 6.00. The van der Waals surface area contributed by atoms with Crippen molar-refractivity contribution in [2.24, 2.45) is 7.05 Å². The first-order chi connectivity index (χ1) is 9.63. The highest BCUT2D eigenvalue weighted by molar-refractivity contribution is 5.68. The summed E-state index contributed by atoms with van der Waals surface area (Å²) in [5.41, 5.74) is 0.320. The molecule has 0 atom stereocenters. The van der Waals surface area contributed by atoms with E-state index in [9.17, 15) is 10.1 Å². The molecule has 2 aromatic rings. The lowest BCUT2D eigenvalue weighted by Gasteiger charge is -2.10. The van der Waals surface area contributed by atoms with Gasteiger partial charge in [-0.1, -0.05) is 6.07 Å². The molecule has 8 nitrogen and oxygen atoms in total. The van der Waals surface area contributed by atoms with E-state index in [1.807, 2.05) is 7.05 Å². The van der Waals surface area contributed by atoms with E-state index in [1.165, 1.54) is 0 Å². The fourth-order valence-corrected chi connectivity index (χ4v) is 1.77. The molecule has 0 bridgehead atoms. The van der Waals surface area contributed by atoms with Crippen LogP contribution in [-0.4, -0.2) is 26.3 Å². The van der Waals surface area contributed by atoms with Crippen molar-refractivity contribution in [3.05, 3.63) is 40.5 Å². The number of rotatable bonds is 6. The molecule has 0 amide bonds. The predicted octanol–water partition coefficient (Wildman–Crippen LogP) is 1.73. The number of benzene rings is 1. The van der Waals surface area contributed by atoms with E-state index in [1.54, 1.807) is 36.0 Å². The molecule has 1 N–H and O–H groups in total. The number of para-hydroxylation sites is 1. The molecule has 1 heterocycles. The lowest BCUT2D eigenvalue weighted by atomic mass is 10.2. The Morgan fingerprint density at radius 1 is 1.50 bits per heavy atom. The molecule has 1 aromatic carbocycles. The van der Waals surface area contributed by atoms with Gasteiger partial charge in [-0.3, -0.25) is 10.1 Å². The van der Waals surface area contributed by atoms with Gasteiger partial charge < -0.3 is 14.6 Å². The zero-order valence-electron chi connectivity index (χ0n) is 11.2. The summed E-state index contributed by atoms with van der Waals surface area (Å²) in [7, 11) is 1.81. The highest BCUT2D eigenvalue weighted by Gasteiger charge is 2.20. The van der Waals surface area contributed by atoms with Crippen molar-refractivity contribution in [3.63, 3.8) is 0 Å². The average Bonchev–Trinajstić information content (AvgIpc) is 2.82. The third kappa shape index (κ3) is 2.85. The van der Waals surface area contributed by atoms with E-state index in [0.29, 0.717) is 24.7 Å². The molecule has 0 saturated carbocycles. The number of nitrogens with one attached hydrogen (secondary N) is 1. The van der Waals surface area contributed by atoms with Gasteiger partial charge in [-0.05, 0) is 19.1 Å². The largest absolute Gasteiger partial charge is 0.487 e. The van der Waals surface area contributed by atoms with E-state index in [4.69, 9.17) is 4.74 Å². The minimum atomic E-state index is -0.454. The van der Waals surface area contributed by atoms with Crippen molar-refractivity contribution in [2.45, 2.75) is 13.5 Å². The highest BCUT2D eigenvalue weighted by Crippen LogP contribution is 2.34. The Morgan fingerprint density at radius 3 is 2.90 bits per heavy atom. The Balaban J connectivity index is 2.24. The van der Waals surface area contributed by atoms with E-state index in [2.05, 4.69) is 15.5 Å². The minimum Gasteiger partial charge on any atom is -0.487 e. The number of hydrogen-bond acceptors (Lipinski definition) is 6. The van der Waals surface area contributed by atoms with Crippen molar-refractivity contribution in [2.75, 3.05) is 11.9 Å². The normalized spacial score (nSPS) is 10.3. The van der Waals surface area contributed by atoms with Crippen LogP contribution in [0.25, 0.3) is 0 Å². The summed E-state index contributed by atoms with van der Waals surface area (Å²) in [6.07, 6.45) is 1.57. The Morgan fingerprint density at radius 2 is 2.30 bits per heavy atom. The van der Waals surface area contributed by atoms with Gasteiger partial charge in [0.1, 0.15) is 12.0 Å². The van der Waals surface area contributed by atoms with Gasteiger partial charge in [0.05, 0.1) is 18.1 Å². The molecule has 0 fully saturated rings. The molecule has 0 aliphatic heterocycles. The van der Waals surface area contributed by atoms with Crippen molar-refractivity contribution in [3.8, 4) is 5.75 Å². The monoisotopic (exact) mass is 277 g/mol. The minimum absolute atomic E-state index is 0.0727. The van der Waals surface area contributed by atoms with E-state index in [0.717, 1.165) is 0 Å². The van der Waals surface area contributed by atoms with Crippen LogP contribution in [0, 0.1) is 10.1 Å². The van der Waals surface area contributed by atoms with E-state index in [-0.39, 0.29) is 11.4 Å². The van der Waals surface area contributed by atoms with Gasteiger partial charge in [0.2, 0.25) is 0 Å². The van der Waals surface area contributed by atoms with Crippen LogP contribution < -0.4 is 10.1 Å². The molecule has 0 aliphatic rings. The van der Waals surface area contributed by atoms with Gasteiger partial charge >= 0.3 is 5.69 Å². The molecule has 20 heavy (non-hydrogen) atoms. The zero-order valence-corrected chi connectivity index (χ0v) is 11.2. The molecule has 0 spiro atoms. The SMILES string of the molecule is CCOc1cccc(NCc2nncn2C)c1[N+](=O)[O-]. The number of aryl methyl sites for hydroxylation is 1. The van der Waals surface area contributed by atoms with Crippen molar-refractivity contribution < 1.29 is 9.66 Å². The summed E-state index contributed by atoms with van der Waals surface area (Å²) in [5, 5.41) is 21.9. The summed E-state index contributed by atoms with van der Waals surface area (Å²) in [6, 6.07) is 4.92. The van der Waals surface area contributed by atoms with Crippen LogP contribution >= 0.6 is 0 Å². The van der Waals surface area contributed by atoms with Crippen LogP contribution in [0.3, 0.4) is 0 Å². The van der Waals surface area contributed by atoms with Crippen LogP contribution in [0.1, 0.15) is 12.7 Å². The predicted molar refractivity (Wildman–Crippen MR) is 72.6 cm³/mol. The van der Waals surface area contributed by atoms with Crippen LogP contribution in [0.5, 0.6) is 5.75 Å². The van der Waals surface area contributed by atoms with Gasteiger partial charge in [-0.2, -0.15) is 0 Å². The first-order valence-electron chi connectivity index (χ1n) is 6.10.